The van der Waals surface area contributed by atoms with Gasteiger partial charge in [0.25, 0.3) is 11.7 Å². The minimum atomic E-state index is -0.674. The van der Waals surface area contributed by atoms with E-state index in [4.69, 9.17) is 9.47 Å². The van der Waals surface area contributed by atoms with Crippen LogP contribution in [0.25, 0.3) is 5.76 Å². The van der Waals surface area contributed by atoms with Crippen LogP contribution in [0.15, 0.2) is 41.3 Å². The fourth-order valence-corrected chi connectivity index (χ4v) is 4.21. The van der Waals surface area contributed by atoms with Gasteiger partial charge >= 0.3 is 0 Å². The minimum absolute atomic E-state index is 0.102. The van der Waals surface area contributed by atoms with E-state index < -0.39 is 17.7 Å². The second-order valence-electron chi connectivity index (χ2n) is 6.88. The van der Waals surface area contributed by atoms with Crippen molar-refractivity contribution in [3.05, 3.63) is 51.7 Å². The molecule has 1 amide bonds. The number of likely N-dealkylation sites (tertiary alicyclic amines) is 1. The lowest BCUT2D eigenvalue weighted by atomic mass is 9.99. The van der Waals surface area contributed by atoms with E-state index in [1.54, 1.807) is 18.2 Å². The van der Waals surface area contributed by atoms with Crippen molar-refractivity contribution in [1.29, 1.82) is 0 Å². The molecule has 146 valence electrons. The molecule has 4 rings (SSSR count). The molecule has 28 heavy (non-hydrogen) atoms. The van der Waals surface area contributed by atoms with Gasteiger partial charge in [-0.2, -0.15) is 0 Å². The third kappa shape index (κ3) is 3.14. The summed E-state index contributed by atoms with van der Waals surface area (Å²) in [7, 11) is 3.81. The predicted molar refractivity (Wildman–Crippen MR) is 104 cm³/mol. The molecule has 0 saturated carbocycles. The Hall–Kier alpha value is -2.84. The first-order chi connectivity index (χ1) is 13.5. The highest BCUT2D eigenvalue weighted by atomic mass is 32.1. The van der Waals surface area contributed by atoms with E-state index in [-0.39, 0.29) is 18.1 Å². The summed E-state index contributed by atoms with van der Waals surface area (Å²) >= 11 is 1.45. The molecule has 1 fully saturated rings. The monoisotopic (exact) mass is 400 g/mol. The van der Waals surface area contributed by atoms with E-state index in [2.05, 4.69) is 0 Å². The highest BCUT2D eigenvalue weighted by Crippen LogP contribution is 2.42. The summed E-state index contributed by atoms with van der Waals surface area (Å²) in [4.78, 5) is 29.9. The molecule has 0 aliphatic carbocycles. The molecule has 2 aliphatic heterocycles. The second-order valence-corrected chi connectivity index (χ2v) is 7.86. The number of Topliss-reactive ketones (excluding diaryl/α,β-unsaturated/α-hetero) is 1. The van der Waals surface area contributed by atoms with E-state index in [0.717, 1.165) is 4.88 Å². The molecule has 1 saturated heterocycles. The Morgan fingerprint density at radius 3 is 2.75 bits per heavy atom. The Kier molecular flexibility index (Phi) is 4.82. The van der Waals surface area contributed by atoms with Crippen molar-refractivity contribution < 1.29 is 24.2 Å². The SMILES string of the molecule is CN(C)CCN1C(=O)C(=O)C(=C(O)c2ccc3c(c2)OCO3)C1c1cccs1. The van der Waals surface area contributed by atoms with Gasteiger partial charge < -0.3 is 24.4 Å². The Morgan fingerprint density at radius 2 is 2.04 bits per heavy atom. The Labute approximate surface area is 166 Å². The number of rotatable bonds is 5. The Balaban J connectivity index is 1.79. The molecule has 0 radical (unpaired) electrons. The first-order valence-electron chi connectivity index (χ1n) is 8.84. The average molecular weight is 400 g/mol. The fraction of sp³-hybridized carbons (Fsp3) is 0.300. The van der Waals surface area contributed by atoms with Gasteiger partial charge in [0.1, 0.15) is 5.76 Å². The Bertz CT molecular complexity index is 952. The van der Waals surface area contributed by atoms with Crippen molar-refractivity contribution in [1.82, 2.24) is 9.80 Å². The number of thiophene rings is 1. The van der Waals surface area contributed by atoms with Gasteiger partial charge in [-0.3, -0.25) is 9.59 Å². The molecule has 1 unspecified atom stereocenters. The molecule has 1 aromatic carbocycles. The predicted octanol–water partition coefficient (Wildman–Crippen LogP) is 2.46. The zero-order valence-electron chi connectivity index (χ0n) is 15.5. The third-order valence-electron chi connectivity index (χ3n) is 4.79. The summed E-state index contributed by atoms with van der Waals surface area (Å²) in [5.74, 6) is -0.395. The maximum atomic E-state index is 12.8. The summed E-state index contributed by atoms with van der Waals surface area (Å²) < 4.78 is 10.7. The number of fused-ring (bicyclic) bond motifs is 1. The molecule has 3 heterocycles. The highest BCUT2D eigenvalue weighted by molar-refractivity contribution is 7.10. The summed E-state index contributed by atoms with van der Waals surface area (Å²) in [6.07, 6.45) is 0. The van der Waals surface area contributed by atoms with Crippen LogP contribution in [0.2, 0.25) is 0 Å². The fourth-order valence-electron chi connectivity index (χ4n) is 3.36. The van der Waals surface area contributed by atoms with Gasteiger partial charge in [-0.15, -0.1) is 11.3 Å². The quantitative estimate of drug-likeness (QED) is 0.472. The van der Waals surface area contributed by atoms with Crippen molar-refractivity contribution in [2.75, 3.05) is 34.0 Å². The number of ketones is 1. The number of aliphatic hydroxyl groups excluding tert-OH is 1. The lowest BCUT2D eigenvalue weighted by Crippen LogP contribution is -2.35. The van der Waals surface area contributed by atoms with Crippen molar-refractivity contribution >= 4 is 28.8 Å². The largest absolute Gasteiger partial charge is 0.507 e. The summed E-state index contributed by atoms with van der Waals surface area (Å²) in [6, 6.07) is 8.09. The van der Waals surface area contributed by atoms with Crippen LogP contribution in [0.5, 0.6) is 11.5 Å². The van der Waals surface area contributed by atoms with E-state index in [0.29, 0.717) is 30.2 Å². The van der Waals surface area contributed by atoms with Crippen LogP contribution in [0.4, 0.5) is 0 Å². The van der Waals surface area contributed by atoms with Crippen molar-refractivity contribution in [2.45, 2.75) is 6.04 Å². The van der Waals surface area contributed by atoms with Crippen LogP contribution >= 0.6 is 11.3 Å². The number of carbonyl (C=O) groups is 2. The third-order valence-corrected chi connectivity index (χ3v) is 5.71. The van der Waals surface area contributed by atoms with Gasteiger partial charge in [0.05, 0.1) is 11.6 Å². The topological polar surface area (TPSA) is 79.3 Å². The lowest BCUT2D eigenvalue weighted by molar-refractivity contribution is -0.140. The number of likely N-dealkylation sites (N-methyl/N-ethyl adjacent to an activating group) is 1. The molecule has 1 atom stereocenters. The van der Waals surface area contributed by atoms with Gasteiger partial charge in [-0.25, -0.2) is 0 Å². The number of aliphatic hydroxyl groups is 1. The van der Waals surface area contributed by atoms with Crippen LogP contribution in [-0.4, -0.2) is 60.6 Å². The molecule has 2 aromatic rings. The second kappa shape index (κ2) is 7.29. The van der Waals surface area contributed by atoms with E-state index in [9.17, 15) is 14.7 Å². The smallest absolute Gasteiger partial charge is 0.295 e. The zero-order chi connectivity index (χ0) is 19.8. The van der Waals surface area contributed by atoms with Crippen molar-refractivity contribution in [3.8, 4) is 11.5 Å². The van der Waals surface area contributed by atoms with Crippen molar-refractivity contribution in [2.24, 2.45) is 0 Å². The van der Waals surface area contributed by atoms with E-state index in [1.807, 2.05) is 36.5 Å². The number of benzene rings is 1. The van der Waals surface area contributed by atoms with Crippen LogP contribution in [0.1, 0.15) is 16.5 Å². The van der Waals surface area contributed by atoms with Crippen molar-refractivity contribution in [3.63, 3.8) is 0 Å². The maximum Gasteiger partial charge on any atom is 0.295 e. The van der Waals surface area contributed by atoms with Gasteiger partial charge in [-0.05, 0) is 43.7 Å². The van der Waals surface area contributed by atoms with Crippen LogP contribution < -0.4 is 9.47 Å². The molecular formula is C20H20N2O5S. The lowest BCUT2D eigenvalue weighted by Gasteiger charge is -2.25. The summed E-state index contributed by atoms with van der Waals surface area (Å²) in [5, 5.41) is 12.9. The number of hydrogen-bond donors (Lipinski definition) is 1. The molecule has 0 bridgehead atoms. The average Bonchev–Trinajstić information content (AvgIpc) is 3.40. The molecule has 8 heteroatoms. The van der Waals surface area contributed by atoms with Gasteiger partial charge in [0.2, 0.25) is 6.79 Å². The molecule has 1 N–H and O–H groups in total. The van der Waals surface area contributed by atoms with Gasteiger partial charge in [0, 0.05) is 23.5 Å². The van der Waals surface area contributed by atoms with Gasteiger partial charge in [0.15, 0.2) is 11.5 Å². The van der Waals surface area contributed by atoms with Crippen LogP contribution in [-0.2, 0) is 9.59 Å². The minimum Gasteiger partial charge on any atom is -0.507 e. The normalized spacial score (nSPS) is 20.4. The standard InChI is InChI=1S/C20H20N2O5S/c1-21(2)7-8-22-17(15-4-3-9-28-15)16(19(24)20(22)25)18(23)12-5-6-13-14(10-12)27-11-26-13/h3-6,9-10,17,23H,7-8,11H2,1-2H3. The number of hydrogen-bond acceptors (Lipinski definition) is 7. The molecule has 7 nitrogen and oxygen atoms in total. The molecule has 2 aliphatic rings. The first-order valence-corrected chi connectivity index (χ1v) is 9.72. The number of carbonyl (C=O) groups excluding carboxylic acids is 2. The highest BCUT2D eigenvalue weighted by Gasteiger charge is 2.46. The van der Waals surface area contributed by atoms with Crippen LogP contribution in [0.3, 0.4) is 0 Å². The first kappa shape index (κ1) is 18.5. The zero-order valence-corrected chi connectivity index (χ0v) is 16.4. The van der Waals surface area contributed by atoms with Gasteiger partial charge in [-0.1, -0.05) is 6.07 Å². The molecular weight excluding hydrogens is 380 g/mol. The summed E-state index contributed by atoms with van der Waals surface area (Å²) in [6.45, 7) is 1.11. The van der Waals surface area contributed by atoms with Crippen LogP contribution in [0, 0.1) is 0 Å². The Morgan fingerprint density at radius 1 is 1.25 bits per heavy atom. The number of ether oxygens (including phenoxy) is 2. The summed E-state index contributed by atoms with van der Waals surface area (Å²) in [5.41, 5.74) is 0.515. The van der Waals surface area contributed by atoms with E-state index in [1.165, 1.54) is 16.2 Å². The van der Waals surface area contributed by atoms with E-state index >= 15 is 0 Å². The molecule has 1 aromatic heterocycles. The molecule has 0 spiro atoms. The maximum absolute atomic E-state index is 12.8. The number of amides is 1. The number of nitrogens with zero attached hydrogens (tertiary/aromatic N) is 2.